The first kappa shape index (κ1) is 25.0. The van der Waals surface area contributed by atoms with Crippen molar-refractivity contribution >= 4 is 38.1 Å². The number of sulfonamides is 1. The zero-order chi connectivity index (χ0) is 24.3. The van der Waals surface area contributed by atoms with Crippen LogP contribution in [0.3, 0.4) is 0 Å². The maximum atomic E-state index is 14.2. The average Bonchev–Trinajstić information content (AvgIpc) is 3.07. The summed E-state index contributed by atoms with van der Waals surface area (Å²) < 4.78 is 55.5. The van der Waals surface area contributed by atoms with Crippen LogP contribution in [0.15, 0.2) is 12.1 Å². The molecule has 0 radical (unpaired) electrons. The Hall–Kier alpha value is -2.62. The number of hydrogen-bond donors (Lipinski definition) is 3. The molecule has 1 aromatic carbocycles. The number of carbonyl (C=O) groups is 1. The van der Waals surface area contributed by atoms with Gasteiger partial charge in [0.15, 0.2) is 5.13 Å². The first-order valence-corrected chi connectivity index (χ1v) is 12.9. The molecule has 1 saturated carbocycles. The molecule has 0 atom stereocenters. The van der Waals surface area contributed by atoms with E-state index in [1.54, 1.807) is 6.07 Å². The Kier molecular flexibility index (Phi) is 7.66. The fourth-order valence-corrected chi connectivity index (χ4v) is 6.42. The number of carbonyl (C=O) groups excluding carboxylic acids is 1. The van der Waals surface area contributed by atoms with Gasteiger partial charge in [0.1, 0.15) is 22.3 Å². The van der Waals surface area contributed by atoms with Crippen molar-refractivity contribution in [3.63, 3.8) is 0 Å². The molecule has 178 valence electrons. The van der Waals surface area contributed by atoms with Gasteiger partial charge in [-0.15, -0.1) is 0 Å². The molecule has 4 N–H and O–H groups in total. The van der Waals surface area contributed by atoms with Gasteiger partial charge in [0.2, 0.25) is 15.8 Å². The summed E-state index contributed by atoms with van der Waals surface area (Å²) in [7, 11) is -3.32. The van der Waals surface area contributed by atoms with Gasteiger partial charge in [-0.05, 0) is 43.7 Å². The Morgan fingerprint density at radius 1 is 1.24 bits per heavy atom. The summed E-state index contributed by atoms with van der Waals surface area (Å²) in [6.45, 7) is 3.70. The van der Waals surface area contributed by atoms with Gasteiger partial charge in [0, 0.05) is 12.1 Å². The number of thiazole rings is 1. The summed E-state index contributed by atoms with van der Waals surface area (Å²) in [4.78, 5) is 16.7. The summed E-state index contributed by atoms with van der Waals surface area (Å²) >= 11 is 0.894. The van der Waals surface area contributed by atoms with E-state index >= 15 is 0 Å². The molecule has 0 aliphatic heterocycles. The Morgan fingerprint density at radius 2 is 1.82 bits per heavy atom. The van der Waals surface area contributed by atoms with E-state index in [2.05, 4.69) is 15.0 Å². The Labute approximate surface area is 195 Å². The lowest BCUT2D eigenvalue weighted by Crippen LogP contribution is -2.41. The molecule has 0 spiro atoms. The molecule has 0 amide bonds. The van der Waals surface area contributed by atoms with Gasteiger partial charge in [-0.2, -0.15) is 5.26 Å². The molecule has 1 heterocycles. The monoisotopic (exact) mass is 497 g/mol. The minimum Gasteiger partial charge on any atom is -0.382 e. The third kappa shape index (κ3) is 6.25. The van der Waals surface area contributed by atoms with E-state index < -0.39 is 33.0 Å². The highest BCUT2D eigenvalue weighted by Gasteiger charge is 2.28. The van der Waals surface area contributed by atoms with Crippen molar-refractivity contribution in [1.82, 2.24) is 9.71 Å². The van der Waals surface area contributed by atoms with Gasteiger partial charge in [-0.3, -0.25) is 4.79 Å². The number of halogens is 2. The number of anilines is 2. The predicted octanol–water partition coefficient (Wildman–Crippen LogP) is 3.40. The molecule has 1 aliphatic carbocycles. The lowest BCUT2D eigenvalue weighted by atomic mass is 9.92. The van der Waals surface area contributed by atoms with Crippen molar-refractivity contribution in [2.45, 2.75) is 51.6 Å². The van der Waals surface area contributed by atoms with Gasteiger partial charge in [0.25, 0.3) is 0 Å². The number of aromatic nitrogens is 1. The van der Waals surface area contributed by atoms with Gasteiger partial charge in [-0.1, -0.05) is 25.2 Å². The number of nitrogens with zero attached hydrogens (tertiary/aromatic N) is 2. The van der Waals surface area contributed by atoms with Crippen LogP contribution in [0.25, 0.3) is 0 Å². The minimum atomic E-state index is -3.32. The second-order valence-corrected chi connectivity index (χ2v) is 11.3. The zero-order valence-electron chi connectivity index (χ0n) is 18.2. The first-order valence-electron chi connectivity index (χ1n) is 10.5. The molecular formula is C21H25F2N5O3S2. The number of nitrogen functional groups attached to an aromatic ring is 1. The summed E-state index contributed by atoms with van der Waals surface area (Å²) in [6, 6.07) is 3.07. The fraction of sp³-hybridized carbons (Fsp3) is 0.476. The van der Waals surface area contributed by atoms with Crippen molar-refractivity contribution in [2.75, 3.05) is 16.8 Å². The van der Waals surface area contributed by atoms with Crippen molar-refractivity contribution in [3.05, 3.63) is 39.8 Å². The Balaban J connectivity index is 1.64. The van der Waals surface area contributed by atoms with Crippen LogP contribution in [0, 0.1) is 28.9 Å². The number of nitrogens with two attached hydrogens (primary N) is 1. The highest BCUT2D eigenvalue weighted by molar-refractivity contribution is 7.89. The van der Waals surface area contributed by atoms with Crippen LogP contribution in [0.4, 0.5) is 19.7 Å². The van der Waals surface area contributed by atoms with E-state index in [4.69, 9.17) is 11.0 Å². The number of nitriles is 1. The van der Waals surface area contributed by atoms with Crippen LogP contribution in [-0.4, -0.2) is 37.0 Å². The third-order valence-corrected chi connectivity index (χ3v) is 8.01. The minimum absolute atomic E-state index is 0.00672. The highest BCUT2D eigenvalue weighted by Crippen LogP contribution is 2.31. The molecule has 0 saturated heterocycles. The number of benzene rings is 1. The lowest BCUT2D eigenvalue weighted by molar-refractivity contribution is 0.103. The molecule has 3 rings (SSSR count). The average molecular weight is 498 g/mol. The van der Waals surface area contributed by atoms with E-state index in [1.165, 1.54) is 0 Å². The molecule has 2 aromatic rings. The van der Waals surface area contributed by atoms with E-state index in [-0.39, 0.29) is 40.0 Å². The van der Waals surface area contributed by atoms with Crippen molar-refractivity contribution in [1.29, 1.82) is 5.26 Å². The van der Waals surface area contributed by atoms with Crippen LogP contribution in [0.2, 0.25) is 0 Å². The van der Waals surface area contributed by atoms with Crippen LogP contribution in [0.5, 0.6) is 0 Å². The first-order chi connectivity index (χ1) is 15.5. The quantitative estimate of drug-likeness (QED) is 0.475. The van der Waals surface area contributed by atoms with Gasteiger partial charge in [0.05, 0.1) is 22.9 Å². The number of ketones is 1. The zero-order valence-corrected chi connectivity index (χ0v) is 19.8. The van der Waals surface area contributed by atoms with Gasteiger partial charge in [-0.25, -0.2) is 26.9 Å². The molecule has 33 heavy (non-hydrogen) atoms. The normalized spacial score (nSPS) is 18.8. The third-order valence-electron chi connectivity index (χ3n) is 5.21. The molecular weight excluding hydrogens is 472 g/mol. The largest absolute Gasteiger partial charge is 0.382 e. The Morgan fingerprint density at radius 3 is 2.36 bits per heavy atom. The summed E-state index contributed by atoms with van der Waals surface area (Å²) in [6.07, 6.45) is 2.64. The molecule has 0 unspecified atom stereocenters. The van der Waals surface area contributed by atoms with Crippen LogP contribution >= 0.6 is 11.3 Å². The number of rotatable bonds is 8. The van der Waals surface area contributed by atoms with Gasteiger partial charge < -0.3 is 11.1 Å². The van der Waals surface area contributed by atoms with Crippen LogP contribution in [-0.2, 0) is 10.0 Å². The maximum Gasteiger partial charge on any atom is 0.212 e. The maximum absolute atomic E-state index is 14.2. The summed E-state index contributed by atoms with van der Waals surface area (Å²) in [5.74, 6) is -3.25. The second kappa shape index (κ2) is 10.1. The standard InChI is InChI=1S/C21H25F2N5O3S2/c1-11(2)10-33(30,31)28-14-5-3-13(4-6-14)26-21-27-20(25)19(32-21)18(29)17-15(22)7-12(9-24)8-16(17)23/h7-8,11,13-14,28H,3-6,10,25H2,1-2H3,(H,26,27). The fourth-order valence-electron chi connectivity index (χ4n) is 3.80. The molecule has 0 bridgehead atoms. The molecule has 1 aliphatic rings. The summed E-state index contributed by atoms with van der Waals surface area (Å²) in [5.41, 5.74) is 4.82. The van der Waals surface area contributed by atoms with Crippen LogP contribution in [0.1, 0.15) is 60.3 Å². The van der Waals surface area contributed by atoms with E-state index in [1.807, 2.05) is 13.8 Å². The molecule has 8 nitrogen and oxygen atoms in total. The van der Waals surface area contributed by atoms with Crippen molar-refractivity contribution in [2.24, 2.45) is 5.92 Å². The molecule has 12 heteroatoms. The molecule has 1 fully saturated rings. The van der Waals surface area contributed by atoms with E-state index in [9.17, 15) is 22.0 Å². The molecule has 1 aromatic heterocycles. The van der Waals surface area contributed by atoms with Crippen molar-refractivity contribution < 1.29 is 22.0 Å². The topological polar surface area (TPSA) is 138 Å². The SMILES string of the molecule is CC(C)CS(=O)(=O)NC1CCC(Nc2nc(N)c(C(=O)c3c(F)cc(C#N)cc3F)s2)CC1. The Bertz CT molecular complexity index is 1160. The highest BCUT2D eigenvalue weighted by atomic mass is 32.2. The van der Waals surface area contributed by atoms with E-state index in [0.29, 0.717) is 30.8 Å². The number of hydrogen-bond acceptors (Lipinski definition) is 8. The lowest BCUT2D eigenvalue weighted by Gasteiger charge is -2.29. The predicted molar refractivity (Wildman–Crippen MR) is 122 cm³/mol. The van der Waals surface area contributed by atoms with Gasteiger partial charge >= 0.3 is 0 Å². The smallest absolute Gasteiger partial charge is 0.212 e. The summed E-state index contributed by atoms with van der Waals surface area (Å²) in [5, 5.41) is 12.3. The van der Waals surface area contributed by atoms with Crippen LogP contribution < -0.4 is 15.8 Å². The number of nitrogens with one attached hydrogen (secondary N) is 2. The van der Waals surface area contributed by atoms with Crippen molar-refractivity contribution in [3.8, 4) is 6.07 Å². The van der Waals surface area contributed by atoms with E-state index in [0.717, 1.165) is 23.5 Å². The second-order valence-electron chi connectivity index (χ2n) is 8.48.